The first-order chi connectivity index (χ1) is 43.2. The first kappa shape index (κ1) is 66.1. The molecule has 2 aromatic heterocycles. The standard InChI is InChI=1S/C39H41F2N5O6.C26H24F2N4O2.C2H3BrO2/c1-38(2,3)52-37(49)46-18-17-44(5)36(48)39(46,4)25-14-11-23(12-15-25)19-29-33-30(43-34(42-29)32-27(40)9-8-10-28(32)41)22-45(35(33)47)21-24-13-16-26(50-6)20-31(24)51-7;1-26(11-4-12-32(2)25(26)34)16-9-7-15(8-10-16)13-19-22-20(14-29-24(22)33)31-23(30-19)21-17(27)5-3-6-18(21)28;1-2(4)5-3/h8-16,20H,17-19,21-22H2,1-7H3;3,5-10H,4,11-14H2,1-2H3,(H,29,33);1H3. The number of methoxy groups -OCH3 is 2. The molecule has 11 rings (SSSR count). The number of likely N-dealkylation sites (tertiary alicyclic amines) is 1. The van der Waals surface area contributed by atoms with Gasteiger partial charge >= 0.3 is 12.1 Å². The Morgan fingerprint density at radius 1 is 0.659 bits per heavy atom. The summed E-state index contributed by atoms with van der Waals surface area (Å²) in [5.74, 6) is -3.43. The van der Waals surface area contributed by atoms with Crippen molar-refractivity contribution in [3.8, 4) is 34.3 Å². The number of piperazine rings is 1. The molecule has 1 N–H and O–H groups in total. The van der Waals surface area contributed by atoms with Crippen molar-refractivity contribution >= 4 is 51.9 Å². The number of carbonyl (C=O) groups excluding carboxylic acids is 6. The molecule has 24 heteroatoms. The molecule has 0 saturated carbocycles. The van der Waals surface area contributed by atoms with E-state index in [4.69, 9.17) is 14.2 Å². The third-order valence-corrected chi connectivity index (χ3v) is 16.8. The van der Waals surface area contributed by atoms with E-state index in [1.165, 1.54) is 31.1 Å². The van der Waals surface area contributed by atoms with Crippen LogP contribution in [0.25, 0.3) is 22.8 Å². The van der Waals surface area contributed by atoms with Crippen molar-refractivity contribution in [3.05, 3.63) is 188 Å². The molecule has 2 saturated heterocycles. The highest BCUT2D eigenvalue weighted by molar-refractivity contribution is 9.06. The zero-order valence-corrected chi connectivity index (χ0v) is 53.5. The minimum atomic E-state index is -1.35. The maximum atomic E-state index is 15.0. The number of nitrogens with one attached hydrogen (secondary N) is 1. The number of nitrogens with zero attached hydrogens (tertiary/aromatic N) is 8. The van der Waals surface area contributed by atoms with Gasteiger partial charge in [0.05, 0.1) is 84.3 Å². The Morgan fingerprint density at radius 2 is 1.19 bits per heavy atom. The molecule has 4 aliphatic rings. The lowest BCUT2D eigenvalue weighted by molar-refractivity contribution is -0.148. The van der Waals surface area contributed by atoms with Crippen LogP contribution in [0.1, 0.15) is 126 Å². The van der Waals surface area contributed by atoms with Crippen LogP contribution in [0.2, 0.25) is 0 Å². The zero-order valence-electron chi connectivity index (χ0n) is 51.9. The number of ether oxygens (including phenoxy) is 3. The third kappa shape index (κ3) is 13.9. The predicted molar refractivity (Wildman–Crippen MR) is 330 cm³/mol. The number of rotatable bonds is 12. The number of benzene rings is 5. The highest BCUT2D eigenvalue weighted by Crippen LogP contribution is 2.39. The second kappa shape index (κ2) is 27.0. The van der Waals surface area contributed by atoms with E-state index in [1.54, 1.807) is 93.0 Å². The molecule has 2 fully saturated rings. The largest absolute Gasteiger partial charge is 0.497 e. The van der Waals surface area contributed by atoms with E-state index in [1.807, 2.05) is 44.3 Å². The number of hydrogen-bond donors (Lipinski definition) is 1. The summed E-state index contributed by atoms with van der Waals surface area (Å²) in [7, 11) is 6.59. The summed E-state index contributed by atoms with van der Waals surface area (Å²) in [5.41, 5.74) is 2.49. The Hall–Kier alpha value is -9.32. The smallest absolute Gasteiger partial charge is 0.411 e. The molecule has 6 heterocycles. The van der Waals surface area contributed by atoms with E-state index in [0.717, 1.165) is 60.3 Å². The monoisotopic (exact) mass is 1310 g/mol. The van der Waals surface area contributed by atoms with Crippen molar-refractivity contribution in [2.75, 3.05) is 47.9 Å². The van der Waals surface area contributed by atoms with Gasteiger partial charge in [-0.15, -0.1) is 0 Å². The first-order valence-electron chi connectivity index (χ1n) is 29.2. The van der Waals surface area contributed by atoms with Crippen LogP contribution >= 0.6 is 16.3 Å². The van der Waals surface area contributed by atoms with Crippen LogP contribution in [0.15, 0.2) is 103 Å². The maximum absolute atomic E-state index is 15.0. The minimum Gasteiger partial charge on any atom is -0.497 e. The fraction of sp³-hybridized carbons (Fsp3) is 0.343. The van der Waals surface area contributed by atoms with Gasteiger partial charge in [0.1, 0.15) is 45.9 Å². The van der Waals surface area contributed by atoms with Gasteiger partial charge in [-0.3, -0.25) is 28.9 Å². The van der Waals surface area contributed by atoms with E-state index in [2.05, 4.69) is 45.3 Å². The number of likely N-dealkylation sites (N-methyl/N-ethyl adjacent to an activating group) is 2. The number of aromatic nitrogens is 4. The Balaban J connectivity index is 0.000000215. The van der Waals surface area contributed by atoms with Crippen LogP contribution in [0.5, 0.6) is 11.5 Å². The molecule has 91 heavy (non-hydrogen) atoms. The average Bonchev–Trinajstić information content (AvgIpc) is 1.22. The Morgan fingerprint density at radius 3 is 1.71 bits per heavy atom. The second-order valence-corrected chi connectivity index (χ2v) is 24.1. The van der Waals surface area contributed by atoms with Crippen LogP contribution in [0, 0.1) is 23.3 Å². The Labute approximate surface area is 532 Å². The van der Waals surface area contributed by atoms with Crippen molar-refractivity contribution in [1.29, 1.82) is 0 Å². The molecule has 2 unspecified atom stereocenters. The van der Waals surface area contributed by atoms with Crippen LogP contribution in [0.3, 0.4) is 0 Å². The van der Waals surface area contributed by atoms with Crippen LogP contribution in [-0.2, 0) is 66.4 Å². The maximum Gasteiger partial charge on any atom is 0.411 e. The number of carbonyl (C=O) groups is 6. The summed E-state index contributed by atoms with van der Waals surface area (Å²) in [6, 6.07) is 27.2. The molecular weight excluding hydrogens is 1250 g/mol. The summed E-state index contributed by atoms with van der Waals surface area (Å²) in [4.78, 5) is 100. The summed E-state index contributed by atoms with van der Waals surface area (Å²) in [5, 5.41) is 2.71. The van der Waals surface area contributed by atoms with Gasteiger partial charge in [0, 0.05) is 65.1 Å². The van der Waals surface area contributed by atoms with E-state index >= 15 is 8.78 Å². The van der Waals surface area contributed by atoms with Crippen molar-refractivity contribution < 1.29 is 64.4 Å². The highest BCUT2D eigenvalue weighted by Gasteiger charge is 2.50. The van der Waals surface area contributed by atoms with E-state index in [0.29, 0.717) is 57.5 Å². The Kier molecular flexibility index (Phi) is 19.6. The molecule has 5 aromatic carbocycles. The quantitative estimate of drug-likeness (QED) is 0.113. The number of piperidine rings is 1. The SMILES string of the molecule is CC(=O)OBr.CN1CCCC(C)(c2ccc(Cc3nc(-c4c(F)cccc4F)nc4c3C(=O)NC4)cc2)C1=O.COc1ccc(CN2Cc3nc(-c4c(F)cccc4F)nc(Cc4ccc(C5(C)C(=O)N(C)CCN5C(=O)OC(C)(C)C)cc4)c3C2=O)c(OC)c1. The summed E-state index contributed by atoms with van der Waals surface area (Å²) in [6.45, 7) is 12.1. The number of fused-ring (bicyclic) bond motifs is 2. The molecular formula is C67H68BrF4N9O10. The second-order valence-electron chi connectivity index (χ2n) is 23.8. The number of halogens is 5. The van der Waals surface area contributed by atoms with E-state index in [9.17, 15) is 37.5 Å². The summed E-state index contributed by atoms with van der Waals surface area (Å²) >= 11 is 2.46. The minimum absolute atomic E-state index is 0.0787. The van der Waals surface area contributed by atoms with Gasteiger partial charge in [-0.05, 0) is 106 Å². The van der Waals surface area contributed by atoms with Crippen molar-refractivity contribution in [2.45, 2.75) is 103 Å². The average molecular weight is 1320 g/mol. The molecule has 0 bridgehead atoms. The van der Waals surface area contributed by atoms with Gasteiger partial charge in [0.15, 0.2) is 27.9 Å². The van der Waals surface area contributed by atoms with Gasteiger partial charge in [-0.25, -0.2) is 42.3 Å². The number of hydrogen-bond acceptors (Lipinski definition) is 14. The fourth-order valence-corrected chi connectivity index (χ4v) is 11.6. The van der Waals surface area contributed by atoms with Gasteiger partial charge in [0.25, 0.3) is 17.7 Å². The lowest BCUT2D eigenvalue weighted by atomic mass is 9.75. The summed E-state index contributed by atoms with van der Waals surface area (Å²) < 4.78 is 79.3. The van der Waals surface area contributed by atoms with Crippen molar-refractivity contribution in [3.63, 3.8) is 0 Å². The molecule has 0 aliphatic carbocycles. The molecule has 2 atom stereocenters. The van der Waals surface area contributed by atoms with Gasteiger partial charge in [-0.1, -0.05) is 60.7 Å². The van der Waals surface area contributed by atoms with Gasteiger partial charge < -0.3 is 38.1 Å². The van der Waals surface area contributed by atoms with E-state index < -0.39 is 45.9 Å². The van der Waals surface area contributed by atoms with Crippen molar-refractivity contribution in [2.24, 2.45) is 0 Å². The lowest BCUT2D eigenvalue weighted by Crippen LogP contribution is -2.63. The normalized spacial score (nSPS) is 17.7. The van der Waals surface area contributed by atoms with Crippen LogP contribution < -0.4 is 14.8 Å². The molecule has 0 spiro atoms. The first-order valence-corrected chi connectivity index (χ1v) is 29.8. The van der Waals surface area contributed by atoms with Crippen LogP contribution in [0.4, 0.5) is 22.4 Å². The molecule has 19 nitrogen and oxygen atoms in total. The van der Waals surface area contributed by atoms with Crippen LogP contribution in [-0.4, -0.2) is 129 Å². The summed E-state index contributed by atoms with van der Waals surface area (Å²) in [6.07, 6.45) is 1.52. The molecule has 476 valence electrons. The fourth-order valence-electron chi connectivity index (χ4n) is 11.6. The highest BCUT2D eigenvalue weighted by atomic mass is 79.9. The topological polar surface area (TPSA) is 216 Å². The lowest BCUT2D eigenvalue weighted by Gasteiger charge is -2.46. The van der Waals surface area contributed by atoms with Crippen molar-refractivity contribution in [1.82, 2.24) is 44.9 Å². The molecule has 0 radical (unpaired) electrons. The molecule has 4 aliphatic heterocycles. The number of amides is 5. The third-order valence-electron chi connectivity index (χ3n) is 16.4. The van der Waals surface area contributed by atoms with Gasteiger partial charge in [0.2, 0.25) is 5.91 Å². The Bertz CT molecular complexity index is 3950. The molecule has 7 aromatic rings. The predicted octanol–water partition coefficient (Wildman–Crippen LogP) is 10.7. The van der Waals surface area contributed by atoms with Gasteiger partial charge in [-0.2, -0.15) is 0 Å². The van der Waals surface area contributed by atoms with E-state index in [-0.39, 0.29) is 97.0 Å². The zero-order chi connectivity index (χ0) is 65.9. The molecule has 5 amide bonds.